The van der Waals surface area contributed by atoms with Crippen molar-refractivity contribution in [2.24, 2.45) is 0 Å². The Hall–Kier alpha value is -1.95. The van der Waals surface area contributed by atoms with Gasteiger partial charge in [0.2, 0.25) is 0 Å². The van der Waals surface area contributed by atoms with Gasteiger partial charge in [-0.1, -0.05) is 0 Å². The van der Waals surface area contributed by atoms with E-state index in [0.29, 0.717) is 19.4 Å². The number of hydrogen-bond donors (Lipinski definition) is 1. The Bertz CT molecular complexity index is 450. The highest BCUT2D eigenvalue weighted by Gasteiger charge is 2.14. The van der Waals surface area contributed by atoms with Gasteiger partial charge >= 0.3 is 0 Å². The van der Waals surface area contributed by atoms with Gasteiger partial charge in [0.15, 0.2) is 6.10 Å². The zero-order chi connectivity index (χ0) is 14.3. The first-order valence-corrected chi connectivity index (χ1v) is 5.76. The van der Waals surface area contributed by atoms with Crippen LogP contribution in [0.1, 0.15) is 17.3 Å². The fraction of sp³-hybridized carbons (Fsp3) is 0.385. The average molecular weight is 269 g/mol. The molecule has 0 heterocycles. The lowest BCUT2D eigenvalue weighted by Crippen LogP contribution is -2.37. The molecule has 0 bridgehead atoms. The molecule has 0 radical (unpaired) electrons. The number of amides is 1. The third kappa shape index (κ3) is 5.05. The van der Waals surface area contributed by atoms with Crippen LogP contribution >= 0.6 is 0 Å². The van der Waals surface area contributed by atoms with Crippen LogP contribution < -0.4 is 10.1 Å². The van der Waals surface area contributed by atoms with Gasteiger partial charge in [-0.2, -0.15) is 0 Å². The van der Waals surface area contributed by atoms with Crippen molar-refractivity contribution < 1.29 is 23.5 Å². The molecule has 1 amide bonds. The van der Waals surface area contributed by atoms with Crippen LogP contribution in [0.25, 0.3) is 0 Å². The van der Waals surface area contributed by atoms with Gasteiger partial charge < -0.3 is 14.8 Å². The molecule has 0 aliphatic carbocycles. The Labute approximate surface area is 110 Å². The molecule has 1 N–H and O–H groups in total. The van der Waals surface area contributed by atoms with E-state index < -0.39 is 11.9 Å². The molecule has 0 aromatic heterocycles. The van der Waals surface area contributed by atoms with Crippen molar-refractivity contribution in [3.63, 3.8) is 0 Å². The van der Waals surface area contributed by atoms with E-state index in [0.717, 1.165) is 12.1 Å². The smallest absolute Gasteiger partial charge is 0.260 e. The van der Waals surface area contributed by atoms with Gasteiger partial charge in [0.05, 0.1) is 6.61 Å². The van der Waals surface area contributed by atoms with Crippen LogP contribution in [-0.2, 0) is 9.53 Å². The van der Waals surface area contributed by atoms with Crippen molar-refractivity contribution in [1.82, 2.24) is 5.32 Å². The average Bonchev–Trinajstić information content (AvgIpc) is 2.38. The topological polar surface area (TPSA) is 64.6 Å². The number of hydrogen-bond acceptors (Lipinski definition) is 4. The largest absolute Gasteiger partial charge is 0.481 e. The number of rotatable bonds is 7. The Morgan fingerprint density at radius 1 is 1.47 bits per heavy atom. The number of benzene rings is 1. The maximum absolute atomic E-state index is 13.2. The molecule has 1 aromatic carbocycles. The Morgan fingerprint density at radius 3 is 2.84 bits per heavy atom. The fourth-order valence-corrected chi connectivity index (χ4v) is 1.40. The predicted molar refractivity (Wildman–Crippen MR) is 66.8 cm³/mol. The highest BCUT2D eigenvalue weighted by Crippen LogP contribution is 2.16. The van der Waals surface area contributed by atoms with E-state index in [1.54, 1.807) is 0 Å². The van der Waals surface area contributed by atoms with Crippen molar-refractivity contribution in [2.75, 3.05) is 20.3 Å². The third-order valence-electron chi connectivity index (χ3n) is 2.32. The van der Waals surface area contributed by atoms with E-state index in [9.17, 15) is 14.0 Å². The molecule has 1 atom stereocenters. The Balaban J connectivity index is 2.60. The number of nitrogens with one attached hydrogen (secondary N) is 1. The summed E-state index contributed by atoms with van der Waals surface area (Å²) >= 11 is 0. The van der Waals surface area contributed by atoms with Crippen molar-refractivity contribution in [1.29, 1.82) is 0 Å². The number of methoxy groups -OCH3 is 1. The highest BCUT2D eigenvalue weighted by atomic mass is 19.1. The van der Waals surface area contributed by atoms with Gasteiger partial charge in [0.25, 0.3) is 5.91 Å². The first-order valence-electron chi connectivity index (χ1n) is 5.76. The maximum Gasteiger partial charge on any atom is 0.260 e. The second-order valence-corrected chi connectivity index (χ2v) is 3.88. The summed E-state index contributed by atoms with van der Waals surface area (Å²) in [6, 6.07) is 3.57. The molecule has 0 aliphatic heterocycles. The number of aldehydes is 1. The summed E-state index contributed by atoms with van der Waals surface area (Å²) in [4.78, 5) is 22.2. The van der Waals surface area contributed by atoms with Crippen molar-refractivity contribution >= 4 is 12.2 Å². The molecule has 19 heavy (non-hydrogen) atoms. The second kappa shape index (κ2) is 7.48. The first kappa shape index (κ1) is 15.1. The standard InChI is InChI=1S/C13H16FNO4/c1-9(13(17)15-3-4-18-2)19-12-6-10(8-16)5-11(14)7-12/h5-9H,3-4H2,1-2H3,(H,15,17). The molecule has 0 saturated carbocycles. The van der Waals surface area contributed by atoms with Crippen LogP contribution in [0.4, 0.5) is 4.39 Å². The fourth-order valence-electron chi connectivity index (χ4n) is 1.40. The lowest BCUT2D eigenvalue weighted by atomic mass is 10.2. The zero-order valence-electron chi connectivity index (χ0n) is 10.8. The van der Waals surface area contributed by atoms with E-state index in [1.807, 2.05) is 0 Å². The van der Waals surface area contributed by atoms with Gasteiger partial charge in [0.1, 0.15) is 17.9 Å². The van der Waals surface area contributed by atoms with Crippen LogP contribution in [0.5, 0.6) is 5.75 Å². The summed E-state index contributed by atoms with van der Waals surface area (Å²) < 4.78 is 23.2. The first-order chi connectivity index (χ1) is 9.06. The molecule has 6 heteroatoms. The quantitative estimate of drug-likeness (QED) is 0.596. The molecule has 1 rings (SSSR count). The van der Waals surface area contributed by atoms with Gasteiger partial charge in [-0.05, 0) is 19.1 Å². The molecular weight excluding hydrogens is 253 g/mol. The molecule has 0 saturated heterocycles. The van der Waals surface area contributed by atoms with Gasteiger partial charge in [-0.25, -0.2) is 4.39 Å². The molecule has 0 spiro atoms. The summed E-state index contributed by atoms with van der Waals surface area (Å²) in [5.74, 6) is -0.794. The van der Waals surface area contributed by atoms with E-state index in [2.05, 4.69) is 5.32 Å². The Morgan fingerprint density at radius 2 is 2.21 bits per heavy atom. The number of ether oxygens (including phenoxy) is 2. The van der Waals surface area contributed by atoms with Gasteiger partial charge in [-0.3, -0.25) is 9.59 Å². The Kier molecular flexibility index (Phi) is 5.95. The molecular formula is C13H16FNO4. The summed E-state index contributed by atoms with van der Waals surface area (Å²) in [5, 5.41) is 2.59. The lowest BCUT2D eigenvalue weighted by Gasteiger charge is -2.14. The molecule has 0 fully saturated rings. The van der Waals surface area contributed by atoms with Crippen molar-refractivity contribution in [3.8, 4) is 5.75 Å². The van der Waals surface area contributed by atoms with Crippen LogP contribution in [0.15, 0.2) is 18.2 Å². The van der Waals surface area contributed by atoms with E-state index in [4.69, 9.17) is 9.47 Å². The third-order valence-corrected chi connectivity index (χ3v) is 2.32. The SMILES string of the molecule is COCCNC(=O)C(C)Oc1cc(F)cc(C=O)c1. The molecule has 1 aromatic rings. The van der Waals surface area contributed by atoms with E-state index in [-0.39, 0.29) is 17.2 Å². The molecule has 5 nitrogen and oxygen atoms in total. The summed E-state index contributed by atoms with van der Waals surface area (Å²) in [5.41, 5.74) is 0.155. The number of carbonyl (C=O) groups excluding carboxylic acids is 2. The van der Waals surface area contributed by atoms with Crippen LogP contribution in [-0.4, -0.2) is 38.6 Å². The minimum absolute atomic E-state index is 0.136. The van der Waals surface area contributed by atoms with Crippen LogP contribution in [0, 0.1) is 5.82 Å². The van der Waals surface area contributed by atoms with Crippen LogP contribution in [0.3, 0.4) is 0 Å². The monoisotopic (exact) mass is 269 g/mol. The summed E-state index contributed by atoms with van der Waals surface area (Å²) in [6.45, 7) is 2.30. The maximum atomic E-state index is 13.2. The molecule has 1 unspecified atom stereocenters. The minimum atomic E-state index is -0.793. The highest BCUT2D eigenvalue weighted by molar-refractivity contribution is 5.81. The van der Waals surface area contributed by atoms with Gasteiger partial charge in [-0.15, -0.1) is 0 Å². The lowest BCUT2D eigenvalue weighted by molar-refractivity contribution is -0.127. The van der Waals surface area contributed by atoms with Crippen molar-refractivity contribution in [3.05, 3.63) is 29.6 Å². The normalized spacial score (nSPS) is 11.7. The second-order valence-electron chi connectivity index (χ2n) is 3.88. The minimum Gasteiger partial charge on any atom is -0.481 e. The van der Waals surface area contributed by atoms with E-state index in [1.165, 1.54) is 20.1 Å². The predicted octanol–water partition coefficient (Wildman–Crippen LogP) is 1.17. The number of carbonyl (C=O) groups is 2. The van der Waals surface area contributed by atoms with Gasteiger partial charge in [0, 0.05) is 25.3 Å². The summed E-state index contributed by atoms with van der Waals surface area (Å²) in [6.07, 6.45) is -0.280. The number of halogens is 1. The van der Waals surface area contributed by atoms with E-state index >= 15 is 0 Å². The van der Waals surface area contributed by atoms with Crippen molar-refractivity contribution in [2.45, 2.75) is 13.0 Å². The van der Waals surface area contributed by atoms with Crippen LogP contribution in [0.2, 0.25) is 0 Å². The molecule has 0 aliphatic rings. The zero-order valence-corrected chi connectivity index (χ0v) is 10.8. The molecule has 104 valence electrons. The summed E-state index contributed by atoms with van der Waals surface area (Å²) in [7, 11) is 1.53.